The molecule has 186 valence electrons. The van der Waals surface area contributed by atoms with E-state index < -0.39 is 0 Å². The molecular weight excluding hydrogens is 464 g/mol. The molecule has 0 spiro atoms. The highest BCUT2D eigenvalue weighted by Gasteiger charge is 2.24. The first-order chi connectivity index (χ1) is 18.1. The highest BCUT2D eigenvalue weighted by atomic mass is 16.5. The number of carbonyl (C=O) groups excluding carboxylic acids is 1. The standard InChI is InChI=1S/C29H28N6O2/c1-20-8-6-7-11-24(20)28-31-27(37-32-28)19-33-14-16-34(17-15-33)29(36)22-12-13-26-25(18-22)30-21(2)35(26)23-9-4-3-5-10-23/h3-13,18H,14-17,19H2,1-2H3. The summed E-state index contributed by atoms with van der Waals surface area (Å²) in [5, 5.41) is 4.16. The van der Waals surface area contributed by atoms with Crippen LogP contribution in [0.15, 0.2) is 77.3 Å². The second kappa shape index (κ2) is 9.63. The molecule has 0 bridgehead atoms. The summed E-state index contributed by atoms with van der Waals surface area (Å²) < 4.78 is 7.63. The Morgan fingerprint density at radius 1 is 0.892 bits per heavy atom. The van der Waals surface area contributed by atoms with Crippen molar-refractivity contribution in [3.63, 3.8) is 0 Å². The van der Waals surface area contributed by atoms with E-state index in [4.69, 9.17) is 9.51 Å². The molecular formula is C29H28N6O2. The summed E-state index contributed by atoms with van der Waals surface area (Å²) in [6.45, 7) is 7.38. The summed E-state index contributed by atoms with van der Waals surface area (Å²) in [5.41, 5.74) is 5.64. The van der Waals surface area contributed by atoms with E-state index in [-0.39, 0.29) is 5.91 Å². The van der Waals surface area contributed by atoms with E-state index in [2.05, 4.69) is 31.7 Å². The van der Waals surface area contributed by atoms with Crippen LogP contribution in [0.4, 0.5) is 0 Å². The van der Waals surface area contributed by atoms with Gasteiger partial charge in [0.05, 0.1) is 17.6 Å². The molecule has 0 atom stereocenters. The Hall–Kier alpha value is -4.30. The molecule has 5 aromatic rings. The normalized spacial score (nSPS) is 14.4. The Morgan fingerprint density at radius 3 is 2.43 bits per heavy atom. The molecule has 3 aromatic carbocycles. The zero-order valence-electron chi connectivity index (χ0n) is 21.0. The SMILES string of the molecule is Cc1ccccc1-c1noc(CN2CCN(C(=O)c3ccc4c(c3)nc(C)n4-c3ccccc3)CC2)n1. The highest BCUT2D eigenvalue weighted by molar-refractivity contribution is 5.97. The van der Waals surface area contributed by atoms with Gasteiger partial charge in [0.1, 0.15) is 5.82 Å². The lowest BCUT2D eigenvalue weighted by molar-refractivity contribution is 0.0615. The van der Waals surface area contributed by atoms with E-state index >= 15 is 0 Å². The second-order valence-electron chi connectivity index (χ2n) is 9.43. The summed E-state index contributed by atoms with van der Waals surface area (Å²) in [5.74, 6) is 2.13. The largest absolute Gasteiger partial charge is 0.338 e. The van der Waals surface area contributed by atoms with Gasteiger partial charge in [0, 0.05) is 43.0 Å². The van der Waals surface area contributed by atoms with Gasteiger partial charge in [-0.2, -0.15) is 4.98 Å². The number of hydrogen-bond acceptors (Lipinski definition) is 6. The van der Waals surface area contributed by atoms with Crippen LogP contribution in [0.1, 0.15) is 27.6 Å². The molecule has 0 saturated carbocycles. The molecule has 2 aromatic heterocycles. The summed E-state index contributed by atoms with van der Waals surface area (Å²) in [4.78, 5) is 26.8. The van der Waals surface area contributed by atoms with Crippen LogP contribution in [0.2, 0.25) is 0 Å². The van der Waals surface area contributed by atoms with Gasteiger partial charge in [0.25, 0.3) is 5.91 Å². The van der Waals surface area contributed by atoms with Gasteiger partial charge in [-0.1, -0.05) is 47.6 Å². The van der Waals surface area contributed by atoms with Gasteiger partial charge in [-0.05, 0) is 49.7 Å². The Labute approximate surface area is 215 Å². The second-order valence-corrected chi connectivity index (χ2v) is 9.43. The van der Waals surface area contributed by atoms with Crippen molar-refractivity contribution in [2.24, 2.45) is 0 Å². The number of hydrogen-bond donors (Lipinski definition) is 0. The minimum Gasteiger partial charge on any atom is -0.338 e. The van der Waals surface area contributed by atoms with Gasteiger partial charge in [0.2, 0.25) is 11.7 Å². The maximum Gasteiger partial charge on any atom is 0.254 e. The molecule has 1 fully saturated rings. The van der Waals surface area contributed by atoms with E-state index in [0.29, 0.717) is 36.9 Å². The molecule has 1 saturated heterocycles. The molecule has 1 aliphatic heterocycles. The van der Waals surface area contributed by atoms with Crippen LogP contribution in [0.25, 0.3) is 28.1 Å². The first-order valence-corrected chi connectivity index (χ1v) is 12.5. The molecule has 1 amide bonds. The summed E-state index contributed by atoms with van der Waals surface area (Å²) in [6.07, 6.45) is 0. The van der Waals surface area contributed by atoms with Crippen molar-refractivity contribution >= 4 is 16.9 Å². The van der Waals surface area contributed by atoms with Crippen molar-refractivity contribution < 1.29 is 9.32 Å². The zero-order chi connectivity index (χ0) is 25.4. The molecule has 0 unspecified atom stereocenters. The van der Waals surface area contributed by atoms with Crippen LogP contribution >= 0.6 is 0 Å². The molecule has 8 heteroatoms. The monoisotopic (exact) mass is 492 g/mol. The lowest BCUT2D eigenvalue weighted by Crippen LogP contribution is -2.48. The third kappa shape index (κ3) is 4.51. The van der Waals surface area contributed by atoms with Crippen molar-refractivity contribution in [2.45, 2.75) is 20.4 Å². The number of aromatic nitrogens is 4. The van der Waals surface area contributed by atoms with Gasteiger partial charge in [0.15, 0.2) is 0 Å². The van der Waals surface area contributed by atoms with E-state index in [1.165, 1.54) is 0 Å². The Kier molecular flexibility index (Phi) is 6.02. The maximum absolute atomic E-state index is 13.3. The van der Waals surface area contributed by atoms with Crippen LogP contribution in [-0.2, 0) is 6.54 Å². The van der Waals surface area contributed by atoms with Crippen LogP contribution in [0, 0.1) is 13.8 Å². The third-order valence-electron chi connectivity index (χ3n) is 6.96. The third-order valence-corrected chi connectivity index (χ3v) is 6.96. The van der Waals surface area contributed by atoms with Gasteiger partial charge >= 0.3 is 0 Å². The van der Waals surface area contributed by atoms with Crippen molar-refractivity contribution in [1.82, 2.24) is 29.5 Å². The van der Waals surface area contributed by atoms with Crippen molar-refractivity contribution in [1.29, 1.82) is 0 Å². The maximum atomic E-state index is 13.3. The smallest absolute Gasteiger partial charge is 0.254 e. The van der Waals surface area contributed by atoms with E-state index in [1.54, 1.807) is 0 Å². The topological polar surface area (TPSA) is 80.3 Å². The molecule has 3 heterocycles. The number of benzene rings is 3. The molecule has 0 radical (unpaired) electrons. The molecule has 0 aliphatic carbocycles. The van der Waals surface area contributed by atoms with Crippen LogP contribution in [0.5, 0.6) is 0 Å². The number of imidazole rings is 1. The minimum atomic E-state index is 0.0353. The number of carbonyl (C=O) groups is 1. The fourth-order valence-corrected chi connectivity index (χ4v) is 4.97. The minimum absolute atomic E-state index is 0.0353. The van der Waals surface area contributed by atoms with Gasteiger partial charge < -0.3 is 9.42 Å². The molecule has 37 heavy (non-hydrogen) atoms. The Balaban J connectivity index is 1.11. The predicted molar refractivity (Wildman–Crippen MR) is 141 cm³/mol. The number of piperazine rings is 1. The fourth-order valence-electron chi connectivity index (χ4n) is 4.97. The summed E-state index contributed by atoms with van der Waals surface area (Å²) in [6, 6.07) is 24.0. The summed E-state index contributed by atoms with van der Waals surface area (Å²) >= 11 is 0. The zero-order valence-corrected chi connectivity index (χ0v) is 21.0. The van der Waals surface area contributed by atoms with Crippen molar-refractivity contribution in [3.05, 3.63) is 95.6 Å². The Morgan fingerprint density at radius 2 is 1.65 bits per heavy atom. The fraction of sp³-hybridized carbons (Fsp3) is 0.241. The first kappa shape index (κ1) is 23.1. The quantitative estimate of drug-likeness (QED) is 0.355. The van der Waals surface area contributed by atoms with E-state index in [9.17, 15) is 4.79 Å². The Bertz CT molecular complexity index is 1560. The molecule has 8 nitrogen and oxygen atoms in total. The summed E-state index contributed by atoms with van der Waals surface area (Å²) in [7, 11) is 0. The molecule has 0 N–H and O–H groups in total. The highest BCUT2D eigenvalue weighted by Crippen LogP contribution is 2.24. The van der Waals surface area contributed by atoms with Crippen molar-refractivity contribution in [3.8, 4) is 17.1 Å². The predicted octanol–water partition coefficient (Wildman–Crippen LogP) is 4.65. The number of fused-ring (bicyclic) bond motifs is 1. The van der Waals surface area contributed by atoms with Crippen LogP contribution in [0.3, 0.4) is 0 Å². The van der Waals surface area contributed by atoms with E-state index in [1.807, 2.05) is 79.4 Å². The van der Waals surface area contributed by atoms with Crippen LogP contribution in [-0.4, -0.2) is 61.6 Å². The van der Waals surface area contributed by atoms with Gasteiger partial charge in [-0.25, -0.2) is 4.98 Å². The van der Waals surface area contributed by atoms with Crippen molar-refractivity contribution in [2.75, 3.05) is 26.2 Å². The lowest BCUT2D eigenvalue weighted by atomic mass is 10.1. The number of para-hydroxylation sites is 1. The van der Waals surface area contributed by atoms with Crippen LogP contribution < -0.4 is 0 Å². The van der Waals surface area contributed by atoms with Gasteiger partial charge in [-0.3, -0.25) is 14.3 Å². The molecule has 1 aliphatic rings. The average Bonchev–Trinajstić information content (AvgIpc) is 3.52. The lowest BCUT2D eigenvalue weighted by Gasteiger charge is -2.34. The first-order valence-electron chi connectivity index (χ1n) is 12.5. The van der Waals surface area contributed by atoms with E-state index in [0.717, 1.165) is 46.8 Å². The number of nitrogens with zero attached hydrogens (tertiary/aromatic N) is 6. The number of rotatable bonds is 5. The number of aryl methyl sites for hydroxylation is 2. The molecule has 6 rings (SSSR count). The average molecular weight is 493 g/mol. The number of amides is 1. The van der Waals surface area contributed by atoms with Gasteiger partial charge in [-0.15, -0.1) is 0 Å².